The molecule has 1 heterocycles. The molecule has 68 valence electrons. The van der Waals surface area contributed by atoms with Gasteiger partial charge >= 0.3 is 0 Å². The summed E-state index contributed by atoms with van der Waals surface area (Å²) in [6.07, 6.45) is 6.54. The molecular formula is C10H17NO. The van der Waals surface area contributed by atoms with Crippen LogP contribution in [0, 0.1) is 11.8 Å². The number of fused-ring (bicyclic) bond motifs is 3. The highest BCUT2D eigenvalue weighted by Crippen LogP contribution is 2.55. The Morgan fingerprint density at radius 3 is 2.83 bits per heavy atom. The first-order valence-electron chi connectivity index (χ1n) is 5.22. The normalized spacial score (nSPS) is 57.2. The number of nitrogens with two attached hydrogens (primary N) is 1. The molecule has 0 amide bonds. The van der Waals surface area contributed by atoms with Crippen LogP contribution in [0.5, 0.6) is 0 Å². The van der Waals surface area contributed by atoms with Crippen LogP contribution >= 0.6 is 0 Å². The van der Waals surface area contributed by atoms with Gasteiger partial charge in [0.15, 0.2) is 0 Å². The summed E-state index contributed by atoms with van der Waals surface area (Å²) in [5.74, 6) is 1.59. The van der Waals surface area contributed by atoms with E-state index in [1.165, 1.54) is 32.1 Å². The minimum atomic E-state index is 0.142. The van der Waals surface area contributed by atoms with Crippen molar-refractivity contribution in [2.24, 2.45) is 17.6 Å². The van der Waals surface area contributed by atoms with E-state index in [4.69, 9.17) is 10.5 Å². The molecule has 3 aliphatic rings. The van der Waals surface area contributed by atoms with Crippen molar-refractivity contribution in [3.8, 4) is 0 Å². The molecule has 0 aromatic heterocycles. The Morgan fingerprint density at radius 2 is 2.25 bits per heavy atom. The first-order chi connectivity index (χ1) is 5.83. The SMILES string of the molecule is N[C@@H]1[C@@H]2CC[C@@H](C2)C12CCCO2. The van der Waals surface area contributed by atoms with Crippen molar-refractivity contribution in [2.45, 2.75) is 43.7 Å². The topological polar surface area (TPSA) is 35.2 Å². The van der Waals surface area contributed by atoms with Gasteiger partial charge in [0.05, 0.1) is 5.60 Å². The molecule has 1 aliphatic heterocycles. The highest BCUT2D eigenvalue weighted by molar-refractivity contribution is 5.12. The molecule has 2 aliphatic carbocycles. The Labute approximate surface area is 73.5 Å². The van der Waals surface area contributed by atoms with Gasteiger partial charge < -0.3 is 10.5 Å². The standard InChI is InChI=1S/C10H17NO/c11-9-7-2-3-8(6-7)10(9)4-1-5-12-10/h7-9H,1-6,11H2/t7-,8+,9-,10?/m1/s1. The lowest BCUT2D eigenvalue weighted by atomic mass is 9.79. The lowest BCUT2D eigenvalue weighted by Crippen LogP contribution is -2.51. The molecule has 2 saturated carbocycles. The van der Waals surface area contributed by atoms with Crippen LogP contribution in [-0.4, -0.2) is 18.2 Å². The Balaban J connectivity index is 1.94. The molecule has 3 fully saturated rings. The largest absolute Gasteiger partial charge is 0.373 e. The van der Waals surface area contributed by atoms with Crippen molar-refractivity contribution in [1.82, 2.24) is 0 Å². The molecule has 0 radical (unpaired) electrons. The van der Waals surface area contributed by atoms with Crippen LogP contribution in [0.1, 0.15) is 32.1 Å². The van der Waals surface area contributed by atoms with Gasteiger partial charge in [-0.25, -0.2) is 0 Å². The fraction of sp³-hybridized carbons (Fsp3) is 1.00. The second-order valence-electron chi connectivity index (χ2n) is 4.70. The van der Waals surface area contributed by atoms with Crippen LogP contribution in [-0.2, 0) is 4.74 Å². The number of hydrogen-bond donors (Lipinski definition) is 1. The van der Waals surface area contributed by atoms with Gasteiger partial charge in [-0.3, -0.25) is 0 Å². The van der Waals surface area contributed by atoms with Crippen LogP contribution in [0.3, 0.4) is 0 Å². The third-order valence-corrected chi connectivity index (χ3v) is 4.32. The second-order valence-corrected chi connectivity index (χ2v) is 4.70. The van der Waals surface area contributed by atoms with Crippen LogP contribution in [0.4, 0.5) is 0 Å². The van der Waals surface area contributed by atoms with Crippen molar-refractivity contribution >= 4 is 0 Å². The van der Waals surface area contributed by atoms with Gasteiger partial charge in [-0.2, -0.15) is 0 Å². The first-order valence-corrected chi connectivity index (χ1v) is 5.22. The van der Waals surface area contributed by atoms with E-state index >= 15 is 0 Å². The molecule has 1 unspecified atom stereocenters. The molecular weight excluding hydrogens is 150 g/mol. The van der Waals surface area contributed by atoms with E-state index in [2.05, 4.69) is 0 Å². The van der Waals surface area contributed by atoms with Crippen LogP contribution < -0.4 is 5.73 Å². The molecule has 12 heavy (non-hydrogen) atoms. The van der Waals surface area contributed by atoms with Crippen molar-refractivity contribution in [2.75, 3.05) is 6.61 Å². The number of ether oxygens (including phenoxy) is 1. The molecule has 3 rings (SSSR count). The second kappa shape index (κ2) is 2.24. The summed E-state index contributed by atoms with van der Waals surface area (Å²) in [5, 5.41) is 0. The zero-order chi connectivity index (χ0) is 8.18. The molecule has 0 aromatic rings. The van der Waals surface area contributed by atoms with E-state index in [-0.39, 0.29) is 5.60 Å². The maximum Gasteiger partial charge on any atom is 0.0864 e. The Kier molecular flexibility index (Phi) is 1.37. The zero-order valence-corrected chi connectivity index (χ0v) is 7.46. The molecule has 1 spiro atoms. The predicted molar refractivity (Wildman–Crippen MR) is 46.7 cm³/mol. The van der Waals surface area contributed by atoms with Crippen molar-refractivity contribution in [1.29, 1.82) is 0 Å². The number of rotatable bonds is 0. The fourth-order valence-corrected chi connectivity index (χ4v) is 3.73. The maximum atomic E-state index is 6.24. The van der Waals surface area contributed by atoms with Gasteiger partial charge in [0, 0.05) is 12.6 Å². The van der Waals surface area contributed by atoms with E-state index in [0.717, 1.165) is 18.4 Å². The summed E-state index contributed by atoms with van der Waals surface area (Å²) in [6, 6.07) is 0.360. The van der Waals surface area contributed by atoms with Crippen LogP contribution in [0.15, 0.2) is 0 Å². The molecule has 2 heteroatoms. The summed E-state index contributed by atoms with van der Waals surface area (Å²) in [5.41, 5.74) is 6.38. The minimum absolute atomic E-state index is 0.142. The molecule has 2 bridgehead atoms. The van der Waals surface area contributed by atoms with E-state index in [9.17, 15) is 0 Å². The maximum absolute atomic E-state index is 6.24. The summed E-state index contributed by atoms with van der Waals surface area (Å²) >= 11 is 0. The quantitative estimate of drug-likeness (QED) is 0.590. The van der Waals surface area contributed by atoms with Crippen LogP contribution in [0.2, 0.25) is 0 Å². The third kappa shape index (κ3) is 0.686. The average Bonchev–Trinajstić information content (AvgIpc) is 2.75. The summed E-state index contributed by atoms with van der Waals surface area (Å²) in [4.78, 5) is 0. The van der Waals surface area contributed by atoms with Crippen molar-refractivity contribution < 1.29 is 4.74 Å². The van der Waals surface area contributed by atoms with Gasteiger partial charge in [-0.1, -0.05) is 0 Å². The highest BCUT2D eigenvalue weighted by Gasteiger charge is 2.58. The van der Waals surface area contributed by atoms with Crippen molar-refractivity contribution in [3.63, 3.8) is 0 Å². The van der Waals surface area contributed by atoms with Gasteiger partial charge in [0.1, 0.15) is 0 Å². The Morgan fingerprint density at radius 1 is 1.33 bits per heavy atom. The highest BCUT2D eigenvalue weighted by atomic mass is 16.5. The summed E-state index contributed by atoms with van der Waals surface area (Å²) in [6.45, 7) is 0.955. The Bertz CT molecular complexity index is 194. The molecule has 0 aromatic carbocycles. The molecule has 4 atom stereocenters. The first kappa shape index (κ1) is 7.34. The smallest absolute Gasteiger partial charge is 0.0864 e. The van der Waals surface area contributed by atoms with Crippen molar-refractivity contribution in [3.05, 3.63) is 0 Å². The monoisotopic (exact) mass is 167 g/mol. The minimum Gasteiger partial charge on any atom is -0.373 e. The van der Waals surface area contributed by atoms with Gasteiger partial charge in [0.25, 0.3) is 0 Å². The van der Waals surface area contributed by atoms with Gasteiger partial charge in [-0.15, -0.1) is 0 Å². The summed E-state index contributed by atoms with van der Waals surface area (Å²) < 4.78 is 5.92. The van der Waals surface area contributed by atoms with E-state index < -0.39 is 0 Å². The van der Waals surface area contributed by atoms with E-state index in [0.29, 0.717) is 6.04 Å². The molecule has 2 N–H and O–H groups in total. The van der Waals surface area contributed by atoms with E-state index in [1.807, 2.05) is 0 Å². The van der Waals surface area contributed by atoms with Gasteiger partial charge in [0.2, 0.25) is 0 Å². The number of hydrogen-bond acceptors (Lipinski definition) is 2. The molecule has 2 nitrogen and oxygen atoms in total. The molecule has 1 saturated heterocycles. The third-order valence-electron chi connectivity index (χ3n) is 4.32. The van der Waals surface area contributed by atoms with Gasteiger partial charge in [-0.05, 0) is 43.9 Å². The lowest BCUT2D eigenvalue weighted by Gasteiger charge is -2.38. The van der Waals surface area contributed by atoms with Crippen LogP contribution in [0.25, 0.3) is 0 Å². The average molecular weight is 167 g/mol. The predicted octanol–water partition coefficient (Wildman–Crippen LogP) is 1.29. The Hall–Kier alpha value is -0.0800. The van der Waals surface area contributed by atoms with E-state index in [1.54, 1.807) is 0 Å². The summed E-state index contributed by atoms with van der Waals surface area (Å²) in [7, 11) is 0. The lowest BCUT2D eigenvalue weighted by molar-refractivity contribution is -0.0521. The zero-order valence-electron chi connectivity index (χ0n) is 7.46. The fourth-order valence-electron chi connectivity index (χ4n) is 3.73.